The molecule has 2 heterocycles. The molecule has 0 bridgehead atoms. The Labute approximate surface area is 127 Å². The SMILES string of the molecule is CCCN(CC1CCNCC1)S(=O)(=O)c1cn(CC)cn1. The standard InChI is InChI=1S/C14H26N4O2S/c1-3-9-18(10-13-5-7-15-8-6-13)21(19,20)14-11-17(4-2)12-16-14/h11-13,15H,3-10H2,1-2H3. The first-order valence-electron chi connectivity index (χ1n) is 7.80. The second kappa shape index (κ2) is 7.38. The van der Waals surface area contributed by atoms with Crippen molar-refractivity contribution in [3.8, 4) is 0 Å². The third kappa shape index (κ3) is 4.05. The summed E-state index contributed by atoms with van der Waals surface area (Å²) in [6.07, 6.45) is 6.11. The van der Waals surface area contributed by atoms with Gasteiger partial charge in [0, 0.05) is 25.8 Å². The van der Waals surface area contributed by atoms with Gasteiger partial charge in [0.25, 0.3) is 10.0 Å². The van der Waals surface area contributed by atoms with Crippen LogP contribution in [-0.2, 0) is 16.6 Å². The van der Waals surface area contributed by atoms with Crippen molar-refractivity contribution in [2.45, 2.75) is 44.7 Å². The fourth-order valence-corrected chi connectivity index (χ4v) is 4.23. The molecular formula is C14H26N4O2S. The summed E-state index contributed by atoms with van der Waals surface area (Å²) in [5.41, 5.74) is 0. The number of hydrogen-bond donors (Lipinski definition) is 1. The maximum absolute atomic E-state index is 12.8. The Hall–Kier alpha value is -0.920. The molecular weight excluding hydrogens is 288 g/mol. The van der Waals surface area contributed by atoms with Crippen molar-refractivity contribution in [2.75, 3.05) is 26.2 Å². The van der Waals surface area contributed by atoms with E-state index in [2.05, 4.69) is 10.3 Å². The Morgan fingerprint density at radius 1 is 1.38 bits per heavy atom. The molecule has 0 saturated carbocycles. The number of aryl methyl sites for hydroxylation is 1. The smallest absolute Gasteiger partial charge is 0.262 e. The van der Waals surface area contributed by atoms with Gasteiger partial charge in [-0.3, -0.25) is 0 Å². The van der Waals surface area contributed by atoms with E-state index in [-0.39, 0.29) is 5.03 Å². The largest absolute Gasteiger partial charge is 0.336 e. The number of imidazole rings is 1. The van der Waals surface area contributed by atoms with Gasteiger partial charge in [0.05, 0.1) is 6.33 Å². The van der Waals surface area contributed by atoms with E-state index in [0.717, 1.165) is 38.9 Å². The maximum atomic E-state index is 12.8. The van der Waals surface area contributed by atoms with Crippen LogP contribution in [0.15, 0.2) is 17.6 Å². The van der Waals surface area contributed by atoms with Crippen LogP contribution in [0.25, 0.3) is 0 Å². The summed E-state index contributed by atoms with van der Waals surface area (Å²) in [5, 5.41) is 3.49. The number of nitrogens with one attached hydrogen (secondary N) is 1. The minimum atomic E-state index is -3.47. The molecule has 0 spiro atoms. The molecule has 1 aromatic heterocycles. The van der Waals surface area contributed by atoms with E-state index in [4.69, 9.17) is 0 Å². The molecule has 0 unspecified atom stereocenters. The first-order valence-corrected chi connectivity index (χ1v) is 9.24. The van der Waals surface area contributed by atoms with Crippen molar-refractivity contribution in [1.29, 1.82) is 0 Å². The molecule has 21 heavy (non-hydrogen) atoms. The highest BCUT2D eigenvalue weighted by atomic mass is 32.2. The minimum Gasteiger partial charge on any atom is -0.336 e. The first kappa shape index (κ1) is 16.5. The van der Waals surface area contributed by atoms with Gasteiger partial charge >= 0.3 is 0 Å². The Kier molecular flexibility index (Phi) is 5.78. The lowest BCUT2D eigenvalue weighted by atomic mass is 9.98. The Balaban J connectivity index is 2.14. The molecule has 1 N–H and O–H groups in total. The third-order valence-electron chi connectivity index (χ3n) is 3.97. The topological polar surface area (TPSA) is 67.2 Å². The van der Waals surface area contributed by atoms with Crippen molar-refractivity contribution in [1.82, 2.24) is 19.2 Å². The summed E-state index contributed by atoms with van der Waals surface area (Å²) in [7, 11) is -3.47. The number of aromatic nitrogens is 2. The van der Waals surface area contributed by atoms with Crippen molar-refractivity contribution in [3.05, 3.63) is 12.5 Å². The summed E-state index contributed by atoms with van der Waals surface area (Å²) in [4.78, 5) is 4.08. The number of piperidine rings is 1. The minimum absolute atomic E-state index is 0.173. The average molecular weight is 314 g/mol. The highest BCUT2D eigenvalue weighted by Gasteiger charge is 2.29. The lowest BCUT2D eigenvalue weighted by molar-refractivity contribution is 0.287. The predicted octanol–water partition coefficient (Wildman–Crippen LogP) is 1.30. The van der Waals surface area contributed by atoms with Crippen LogP contribution in [-0.4, -0.2) is 48.5 Å². The van der Waals surface area contributed by atoms with E-state index in [1.54, 1.807) is 21.4 Å². The molecule has 0 aliphatic carbocycles. The van der Waals surface area contributed by atoms with Crippen LogP contribution in [0.4, 0.5) is 0 Å². The van der Waals surface area contributed by atoms with Gasteiger partial charge in [-0.05, 0) is 45.2 Å². The van der Waals surface area contributed by atoms with Crippen molar-refractivity contribution in [3.63, 3.8) is 0 Å². The summed E-state index contributed by atoms with van der Waals surface area (Å²) < 4.78 is 28.9. The number of sulfonamides is 1. The molecule has 2 rings (SSSR count). The zero-order chi connectivity index (χ0) is 15.3. The third-order valence-corrected chi connectivity index (χ3v) is 5.72. The van der Waals surface area contributed by atoms with Crippen LogP contribution < -0.4 is 5.32 Å². The van der Waals surface area contributed by atoms with Gasteiger partial charge in [-0.2, -0.15) is 4.31 Å². The second-order valence-corrected chi connectivity index (χ2v) is 7.48. The molecule has 0 aromatic carbocycles. The number of rotatable bonds is 7. The fourth-order valence-electron chi connectivity index (χ4n) is 2.69. The normalized spacial score (nSPS) is 17.5. The van der Waals surface area contributed by atoms with Crippen LogP contribution in [0.1, 0.15) is 33.1 Å². The molecule has 120 valence electrons. The Bertz CT molecular complexity index is 535. The highest BCUT2D eigenvalue weighted by molar-refractivity contribution is 7.89. The maximum Gasteiger partial charge on any atom is 0.262 e. The van der Waals surface area contributed by atoms with E-state index in [0.29, 0.717) is 19.0 Å². The van der Waals surface area contributed by atoms with Crippen LogP contribution in [0.5, 0.6) is 0 Å². The van der Waals surface area contributed by atoms with Crippen LogP contribution in [0.3, 0.4) is 0 Å². The molecule has 1 aromatic rings. The van der Waals surface area contributed by atoms with E-state index in [9.17, 15) is 8.42 Å². The molecule has 1 saturated heterocycles. The summed E-state index contributed by atoms with van der Waals surface area (Å²) in [6.45, 7) is 7.84. The number of hydrogen-bond acceptors (Lipinski definition) is 4. The zero-order valence-electron chi connectivity index (χ0n) is 13.0. The van der Waals surface area contributed by atoms with Gasteiger partial charge in [-0.15, -0.1) is 0 Å². The summed E-state index contributed by atoms with van der Waals surface area (Å²) >= 11 is 0. The van der Waals surface area contributed by atoms with Crippen LogP contribution in [0, 0.1) is 5.92 Å². The summed E-state index contributed by atoms with van der Waals surface area (Å²) in [5.74, 6) is 0.445. The molecule has 1 aliphatic heterocycles. The van der Waals surface area contributed by atoms with E-state index >= 15 is 0 Å². The molecule has 1 fully saturated rings. The van der Waals surface area contributed by atoms with Gasteiger partial charge in [-0.25, -0.2) is 13.4 Å². The van der Waals surface area contributed by atoms with Crippen molar-refractivity contribution < 1.29 is 8.42 Å². The van der Waals surface area contributed by atoms with Gasteiger partial charge in [0.15, 0.2) is 5.03 Å². The molecule has 1 aliphatic rings. The van der Waals surface area contributed by atoms with Gasteiger partial charge < -0.3 is 9.88 Å². The Morgan fingerprint density at radius 3 is 2.67 bits per heavy atom. The molecule has 0 atom stereocenters. The molecule has 7 heteroatoms. The molecule has 6 nitrogen and oxygen atoms in total. The van der Waals surface area contributed by atoms with Crippen molar-refractivity contribution >= 4 is 10.0 Å². The Morgan fingerprint density at radius 2 is 2.10 bits per heavy atom. The quantitative estimate of drug-likeness (QED) is 0.824. The lowest BCUT2D eigenvalue weighted by Gasteiger charge is -2.28. The predicted molar refractivity (Wildman–Crippen MR) is 82.5 cm³/mol. The van der Waals surface area contributed by atoms with E-state index in [1.165, 1.54) is 0 Å². The first-order chi connectivity index (χ1) is 10.1. The van der Waals surface area contributed by atoms with E-state index < -0.39 is 10.0 Å². The molecule has 0 amide bonds. The molecule has 0 radical (unpaired) electrons. The monoisotopic (exact) mass is 314 g/mol. The van der Waals surface area contributed by atoms with Gasteiger partial charge in [-0.1, -0.05) is 6.92 Å². The fraction of sp³-hybridized carbons (Fsp3) is 0.786. The average Bonchev–Trinajstić information content (AvgIpc) is 2.97. The highest BCUT2D eigenvalue weighted by Crippen LogP contribution is 2.20. The van der Waals surface area contributed by atoms with Crippen molar-refractivity contribution in [2.24, 2.45) is 5.92 Å². The summed E-state index contributed by atoms with van der Waals surface area (Å²) in [6, 6.07) is 0. The van der Waals surface area contributed by atoms with Crippen LogP contribution in [0.2, 0.25) is 0 Å². The van der Waals surface area contributed by atoms with Crippen LogP contribution >= 0.6 is 0 Å². The zero-order valence-corrected chi connectivity index (χ0v) is 13.8. The number of nitrogens with zero attached hydrogens (tertiary/aromatic N) is 3. The second-order valence-electron chi connectivity index (χ2n) is 5.60. The van der Waals surface area contributed by atoms with E-state index in [1.807, 2.05) is 13.8 Å². The van der Waals surface area contributed by atoms with Gasteiger partial charge in [0.2, 0.25) is 0 Å². The lowest BCUT2D eigenvalue weighted by Crippen LogP contribution is -2.39. The van der Waals surface area contributed by atoms with Gasteiger partial charge in [0.1, 0.15) is 0 Å².